The van der Waals surface area contributed by atoms with Crippen LogP contribution >= 0.6 is 0 Å². The topological polar surface area (TPSA) is 59.4 Å². The quantitative estimate of drug-likeness (QED) is 0.855. The van der Waals surface area contributed by atoms with Gasteiger partial charge in [0.2, 0.25) is 0 Å². The van der Waals surface area contributed by atoms with Crippen molar-refractivity contribution in [3.8, 4) is 11.3 Å². The van der Waals surface area contributed by atoms with Crippen molar-refractivity contribution in [3.05, 3.63) is 48.0 Å². The number of benzene rings is 1. The van der Waals surface area contributed by atoms with Crippen molar-refractivity contribution in [2.24, 2.45) is 5.73 Å². The highest BCUT2D eigenvalue weighted by atomic mass is 19.1. The van der Waals surface area contributed by atoms with Gasteiger partial charge in [0.15, 0.2) is 0 Å². The van der Waals surface area contributed by atoms with Crippen LogP contribution in [0.1, 0.15) is 18.2 Å². The Morgan fingerprint density at radius 3 is 2.53 bits per heavy atom. The number of aliphatic hydroxyl groups is 1. The normalized spacial score (nSPS) is 12.6. The highest BCUT2D eigenvalue weighted by Crippen LogP contribution is 2.25. The molecule has 90 valence electrons. The van der Waals surface area contributed by atoms with Crippen molar-refractivity contribution >= 4 is 0 Å². The largest absolute Gasteiger partial charge is 0.459 e. The lowest BCUT2D eigenvalue weighted by Gasteiger charge is -2.05. The summed E-state index contributed by atoms with van der Waals surface area (Å²) in [7, 11) is 0. The van der Waals surface area contributed by atoms with Crippen molar-refractivity contribution in [1.29, 1.82) is 0 Å². The first-order valence-corrected chi connectivity index (χ1v) is 5.43. The van der Waals surface area contributed by atoms with Crippen LogP contribution in [0, 0.1) is 5.82 Å². The summed E-state index contributed by atoms with van der Waals surface area (Å²) in [6.45, 7) is 0.0216. The fourth-order valence-electron chi connectivity index (χ4n) is 1.60. The van der Waals surface area contributed by atoms with Crippen molar-refractivity contribution in [1.82, 2.24) is 0 Å². The molecule has 0 radical (unpaired) electrons. The minimum absolute atomic E-state index is 0.0216. The van der Waals surface area contributed by atoms with Crippen LogP contribution in [0.5, 0.6) is 0 Å². The van der Waals surface area contributed by atoms with E-state index in [0.29, 0.717) is 17.9 Å². The van der Waals surface area contributed by atoms with E-state index in [0.717, 1.165) is 5.56 Å². The van der Waals surface area contributed by atoms with Gasteiger partial charge in [-0.1, -0.05) is 0 Å². The van der Waals surface area contributed by atoms with Crippen LogP contribution < -0.4 is 5.73 Å². The molecule has 1 aromatic heterocycles. The summed E-state index contributed by atoms with van der Waals surface area (Å²) >= 11 is 0. The molecule has 3 nitrogen and oxygen atoms in total. The van der Waals surface area contributed by atoms with E-state index in [1.165, 1.54) is 12.1 Å². The molecule has 1 atom stereocenters. The Balaban J connectivity index is 2.20. The van der Waals surface area contributed by atoms with Gasteiger partial charge in [-0.2, -0.15) is 0 Å². The van der Waals surface area contributed by atoms with E-state index in [2.05, 4.69) is 0 Å². The Morgan fingerprint density at radius 2 is 1.88 bits per heavy atom. The first kappa shape index (κ1) is 11.8. The van der Waals surface area contributed by atoms with Crippen molar-refractivity contribution in [2.75, 3.05) is 6.61 Å². The third kappa shape index (κ3) is 2.72. The fraction of sp³-hybridized carbons (Fsp3) is 0.231. The van der Waals surface area contributed by atoms with Gasteiger partial charge in [-0.3, -0.25) is 0 Å². The van der Waals surface area contributed by atoms with Crippen molar-refractivity contribution in [3.63, 3.8) is 0 Å². The predicted molar refractivity (Wildman–Crippen MR) is 62.7 cm³/mol. The average Bonchev–Trinajstić information content (AvgIpc) is 2.80. The summed E-state index contributed by atoms with van der Waals surface area (Å²) in [5, 5.41) is 8.79. The molecule has 4 heteroatoms. The molecule has 0 bridgehead atoms. The number of halogens is 1. The molecule has 0 amide bonds. The zero-order valence-electron chi connectivity index (χ0n) is 9.27. The van der Waals surface area contributed by atoms with Crippen LogP contribution in [0.25, 0.3) is 11.3 Å². The van der Waals surface area contributed by atoms with E-state index in [4.69, 9.17) is 15.3 Å². The molecule has 1 heterocycles. The van der Waals surface area contributed by atoms with Gasteiger partial charge >= 0.3 is 0 Å². The number of aliphatic hydroxyl groups excluding tert-OH is 1. The number of furan rings is 1. The van der Waals surface area contributed by atoms with Gasteiger partial charge in [0, 0.05) is 12.2 Å². The molecule has 1 aromatic carbocycles. The average molecular weight is 235 g/mol. The molecule has 2 aromatic rings. The molecule has 0 aliphatic heterocycles. The maximum Gasteiger partial charge on any atom is 0.134 e. The lowest BCUT2D eigenvalue weighted by molar-refractivity contribution is 0.269. The van der Waals surface area contributed by atoms with E-state index >= 15 is 0 Å². The maximum atomic E-state index is 12.8. The second-order valence-electron chi connectivity index (χ2n) is 3.83. The van der Waals surface area contributed by atoms with Gasteiger partial charge in [-0.15, -0.1) is 0 Å². The Hall–Kier alpha value is -1.65. The minimum Gasteiger partial charge on any atom is -0.459 e. The van der Waals surface area contributed by atoms with E-state index in [1.54, 1.807) is 24.3 Å². The van der Waals surface area contributed by atoms with Crippen LogP contribution in [-0.2, 0) is 0 Å². The second kappa shape index (κ2) is 5.12. The van der Waals surface area contributed by atoms with Crippen LogP contribution in [0.2, 0.25) is 0 Å². The third-order valence-corrected chi connectivity index (χ3v) is 2.56. The molecule has 17 heavy (non-hydrogen) atoms. The van der Waals surface area contributed by atoms with E-state index in [9.17, 15) is 4.39 Å². The highest BCUT2D eigenvalue weighted by Gasteiger charge is 2.11. The van der Waals surface area contributed by atoms with E-state index in [-0.39, 0.29) is 18.5 Å². The molecule has 0 aliphatic carbocycles. The molecule has 0 saturated heterocycles. The van der Waals surface area contributed by atoms with Gasteiger partial charge in [-0.05, 0) is 42.8 Å². The number of hydrogen-bond acceptors (Lipinski definition) is 3. The van der Waals surface area contributed by atoms with Gasteiger partial charge in [-0.25, -0.2) is 4.39 Å². The standard InChI is InChI=1S/C13H14FNO2/c14-10-3-1-9(2-4-10)12-5-6-13(17-12)11(15)7-8-16/h1-6,11,16H,7-8,15H2. The lowest BCUT2D eigenvalue weighted by atomic mass is 10.1. The number of rotatable bonds is 4. The summed E-state index contributed by atoms with van der Waals surface area (Å²) in [5.41, 5.74) is 6.61. The fourth-order valence-corrected chi connectivity index (χ4v) is 1.60. The monoisotopic (exact) mass is 235 g/mol. The maximum absolute atomic E-state index is 12.8. The first-order chi connectivity index (χ1) is 8.20. The van der Waals surface area contributed by atoms with Gasteiger partial charge in [0.1, 0.15) is 17.3 Å². The lowest BCUT2D eigenvalue weighted by Crippen LogP contribution is -2.10. The summed E-state index contributed by atoms with van der Waals surface area (Å²) in [6, 6.07) is 9.31. The molecular formula is C13H14FNO2. The molecule has 0 fully saturated rings. The zero-order chi connectivity index (χ0) is 12.3. The molecular weight excluding hydrogens is 221 g/mol. The van der Waals surface area contributed by atoms with Gasteiger partial charge in [0.05, 0.1) is 6.04 Å². The summed E-state index contributed by atoms with van der Waals surface area (Å²) in [4.78, 5) is 0. The van der Waals surface area contributed by atoms with Crippen LogP contribution in [-0.4, -0.2) is 11.7 Å². The van der Waals surface area contributed by atoms with Crippen LogP contribution in [0.3, 0.4) is 0 Å². The van der Waals surface area contributed by atoms with Crippen LogP contribution in [0.15, 0.2) is 40.8 Å². The van der Waals surface area contributed by atoms with Crippen molar-refractivity contribution < 1.29 is 13.9 Å². The Bertz CT molecular complexity index is 478. The summed E-state index contributed by atoms with van der Waals surface area (Å²) in [6.07, 6.45) is 0.455. The Morgan fingerprint density at radius 1 is 1.18 bits per heavy atom. The Kier molecular flexibility index (Phi) is 3.56. The predicted octanol–water partition coefficient (Wildman–Crippen LogP) is 2.47. The minimum atomic E-state index is -0.311. The summed E-state index contributed by atoms with van der Waals surface area (Å²) < 4.78 is 18.3. The van der Waals surface area contributed by atoms with Gasteiger partial charge < -0.3 is 15.3 Å². The van der Waals surface area contributed by atoms with E-state index < -0.39 is 0 Å². The third-order valence-electron chi connectivity index (χ3n) is 2.56. The second-order valence-corrected chi connectivity index (χ2v) is 3.83. The summed E-state index contributed by atoms with van der Waals surface area (Å²) in [5.74, 6) is 0.990. The number of hydrogen-bond donors (Lipinski definition) is 2. The SMILES string of the molecule is NC(CCO)c1ccc(-c2ccc(F)cc2)o1. The van der Waals surface area contributed by atoms with Crippen LogP contribution in [0.4, 0.5) is 4.39 Å². The molecule has 0 aliphatic rings. The smallest absolute Gasteiger partial charge is 0.134 e. The zero-order valence-corrected chi connectivity index (χ0v) is 9.27. The molecule has 3 N–H and O–H groups in total. The van der Waals surface area contributed by atoms with E-state index in [1.807, 2.05) is 0 Å². The molecule has 2 rings (SSSR count). The Labute approximate surface area is 98.7 Å². The van der Waals surface area contributed by atoms with Gasteiger partial charge in [0.25, 0.3) is 0 Å². The highest BCUT2D eigenvalue weighted by molar-refractivity contribution is 5.57. The molecule has 0 saturated carbocycles. The van der Waals surface area contributed by atoms with Crippen molar-refractivity contribution in [2.45, 2.75) is 12.5 Å². The first-order valence-electron chi connectivity index (χ1n) is 5.43. The number of nitrogens with two attached hydrogens (primary N) is 1. The molecule has 0 spiro atoms. The molecule has 1 unspecified atom stereocenters.